The SMILES string of the molecule is CN(C)C/C=C/C(=O)Nc1cc2c(Nc3ccc(OCc4cccc(Cl)c4)c(Cl)c3)c(C#N)cnc2cc1O. The maximum Gasteiger partial charge on any atom is 0.248 e. The van der Waals surface area contributed by atoms with Crippen LogP contribution in [0.25, 0.3) is 10.9 Å². The van der Waals surface area contributed by atoms with Gasteiger partial charge in [-0.05, 0) is 56.1 Å². The number of phenols is 1. The Hall–Kier alpha value is -4.29. The van der Waals surface area contributed by atoms with Gasteiger partial charge in [0.05, 0.1) is 27.5 Å². The number of rotatable bonds is 9. The lowest BCUT2D eigenvalue weighted by molar-refractivity contribution is -0.111. The van der Waals surface area contributed by atoms with Gasteiger partial charge < -0.3 is 25.4 Å². The third kappa shape index (κ3) is 7.18. The Morgan fingerprint density at radius 1 is 1.18 bits per heavy atom. The average Bonchev–Trinajstić information content (AvgIpc) is 2.89. The second kappa shape index (κ2) is 12.5. The van der Waals surface area contributed by atoms with Crippen molar-refractivity contribution < 1.29 is 14.6 Å². The molecule has 0 aliphatic carbocycles. The molecule has 1 heterocycles. The van der Waals surface area contributed by atoms with E-state index in [4.69, 9.17) is 27.9 Å². The van der Waals surface area contributed by atoms with Gasteiger partial charge in [0, 0.05) is 41.0 Å². The van der Waals surface area contributed by atoms with Crippen LogP contribution >= 0.6 is 23.2 Å². The number of amides is 1. The lowest BCUT2D eigenvalue weighted by atomic mass is 10.1. The number of nitrogens with zero attached hydrogens (tertiary/aromatic N) is 3. The molecular formula is C29H25Cl2N5O3. The van der Waals surface area contributed by atoms with E-state index in [1.807, 2.05) is 37.2 Å². The van der Waals surface area contributed by atoms with Crippen molar-refractivity contribution in [2.75, 3.05) is 31.3 Å². The summed E-state index contributed by atoms with van der Waals surface area (Å²) >= 11 is 12.5. The molecule has 198 valence electrons. The second-order valence-electron chi connectivity index (χ2n) is 8.89. The zero-order valence-corrected chi connectivity index (χ0v) is 22.7. The predicted octanol–water partition coefficient (Wildman–Crippen LogP) is 6.50. The number of likely N-dealkylation sites (N-methyl/N-ethyl adjacent to an activating group) is 1. The molecule has 0 radical (unpaired) electrons. The fourth-order valence-electron chi connectivity index (χ4n) is 3.72. The molecule has 39 heavy (non-hydrogen) atoms. The Labute approximate surface area is 236 Å². The first-order valence-electron chi connectivity index (χ1n) is 11.9. The van der Waals surface area contributed by atoms with Gasteiger partial charge in [-0.1, -0.05) is 41.4 Å². The minimum atomic E-state index is -0.398. The number of anilines is 3. The van der Waals surface area contributed by atoms with Gasteiger partial charge in [-0.2, -0.15) is 5.26 Å². The van der Waals surface area contributed by atoms with Crippen LogP contribution in [0.3, 0.4) is 0 Å². The van der Waals surface area contributed by atoms with Crippen molar-refractivity contribution in [3.63, 3.8) is 0 Å². The maximum absolute atomic E-state index is 12.4. The summed E-state index contributed by atoms with van der Waals surface area (Å²) in [4.78, 5) is 18.6. The van der Waals surface area contributed by atoms with E-state index in [0.29, 0.717) is 51.2 Å². The van der Waals surface area contributed by atoms with E-state index in [1.165, 1.54) is 18.3 Å². The summed E-state index contributed by atoms with van der Waals surface area (Å²) < 4.78 is 5.85. The van der Waals surface area contributed by atoms with Crippen LogP contribution in [0.5, 0.6) is 11.5 Å². The average molecular weight is 562 g/mol. The van der Waals surface area contributed by atoms with Crippen LogP contribution in [0, 0.1) is 11.3 Å². The monoisotopic (exact) mass is 561 g/mol. The number of fused-ring (bicyclic) bond motifs is 1. The summed E-state index contributed by atoms with van der Waals surface area (Å²) in [5.74, 6) is -0.0608. The first kappa shape index (κ1) is 27.7. The summed E-state index contributed by atoms with van der Waals surface area (Å²) in [5, 5.41) is 27.6. The van der Waals surface area contributed by atoms with Gasteiger partial charge in [0.25, 0.3) is 0 Å². The van der Waals surface area contributed by atoms with E-state index in [9.17, 15) is 15.2 Å². The van der Waals surface area contributed by atoms with Crippen LogP contribution in [0.1, 0.15) is 11.1 Å². The fraction of sp³-hybridized carbons (Fsp3) is 0.138. The molecule has 10 heteroatoms. The fourth-order valence-corrected chi connectivity index (χ4v) is 4.17. The number of aromatic hydroxyl groups is 1. The number of carbonyl (C=O) groups is 1. The van der Waals surface area contributed by atoms with Gasteiger partial charge >= 0.3 is 0 Å². The molecule has 1 aromatic heterocycles. The summed E-state index contributed by atoms with van der Waals surface area (Å²) in [6, 6.07) is 17.7. The van der Waals surface area contributed by atoms with E-state index in [0.717, 1.165) is 5.56 Å². The van der Waals surface area contributed by atoms with Crippen LogP contribution in [0.4, 0.5) is 17.1 Å². The second-order valence-corrected chi connectivity index (χ2v) is 9.73. The Bertz CT molecular complexity index is 1600. The summed E-state index contributed by atoms with van der Waals surface area (Å²) in [6.07, 6.45) is 4.52. The number of ether oxygens (including phenoxy) is 1. The van der Waals surface area contributed by atoms with E-state index in [2.05, 4.69) is 21.7 Å². The van der Waals surface area contributed by atoms with Crippen LogP contribution in [-0.2, 0) is 11.4 Å². The van der Waals surface area contributed by atoms with E-state index < -0.39 is 5.91 Å². The highest BCUT2D eigenvalue weighted by Gasteiger charge is 2.15. The zero-order chi connectivity index (χ0) is 27.9. The van der Waals surface area contributed by atoms with E-state index >= 15 is 0 Å². The highest BCUT2D eigenvalue weighted by molar-refractivity contribution is 6.32. The molecule has 0 bridgehead atoms. The molecule has 0 spiro atoms. The first-order chi connectivity index (χ1) is 18.7. The van der Waals surface area contributed by atoms with Crippen molar-refractivity contribution in [3.8, 4) is 17.6 Å². The van der Waals surface area contributed by atoms with Crippen molar-refractivity contribution in [2.24, 2.45) is 0 Å². The number of phenolic OH excluding ortho intramolecular Hbond substituents is 1. The molecule has 1 amide bonds. The Kier molecular flexibility index (Phi) is 8.89. The largest absolute Gasteiger partial charge is 0.506 e. The van der Waals surface area contributed by atoms with Crippen LogP contribution < -0.4 is 15.4 Å². The number of nitrogens with one attached hydrogen (secondary N) is 2. The predicted molar refractivity (Wildman–Crippen MR) is 155 cm³/mol. The number of benzene rings is 3. The number of hydrogen-bond acceptors (Lipinski definition) is 7. The molecule has 4 aromatic rings. The molecule has 0 saturated carbocycles. The molecule has 4 rings (SSSR count). The van der Waals surface area contributed by atoms with Gasteiger partial charge in [-0.25, -0.2) is 0 Å². The Morgan fingerprint density at radius 3 is 2.72 bits per heavy atom. The zero-order valence-electron chi connectivity index (χ0n) is 21.2. The number of halogens is 2. The minimum Gasteiger partial charge on any atom is -0.506 e. The van der Waals surface area contributed by atoms with Crippen molar-refractivity contribution in [1.82, 2.24) is 9.88 Å². The standard InChI is InChI=1S/C29H25Cl2N5O3/c1-36(2)10-4-7-28(38)35-25-13-22-24(14-26(25)37)33-16-19(15-32)29(22)34-21-8-9-27(23(31)12-21)39-17-18-5-3-6-20(30)11-18/h3-9,11-14,16,37H,10,17H2,1-2H3,(H,33,34)(H,35,38)/b7-4+. The third-order valence-electron chi connectivity index (χ3n) is 5.59. The topological polar surface area (TPSA) is 111 Å². The van der Waals surface area contributed by atoms with Crippen molar-refractivity contribution in [2.45, 2.75) is 6.61 Å². The maximum atomic E-state index is 12.4. The van der Waals surface area contributed by atoms with Gasteiger partial charge in [0.2, 0.25) is 5.91 Å². The lowest BCUT2D eigenvalue weighted by Crippen LogP contribution is -2.13. The van der Waals surface area contributed by atoms with E-state index in [1.54, 1.807) is 36.4 Å². The minimum absolute atomic E-state index is 0.149. The molecule has 8 nitrogen and oxygen atoms in total. The molecule has 0 aliphatic rings. The van der Waals surface area contributed by atoms with Crippen molar-refractivity contribution in [3.05, 3.63) is 94.1 Å². The summed E-state index contributed by atoms with van der Waals surface area (Å²) in [6.45, 7) is 0.886. The van der Waals surface area contributed by atoms with Crippen LogP contribution in [0.2, 0.25) is 10.0 Å². The molecule has 0 unspecified atom stereocenters. The highest BCUT2D eigenvalue weighted by atomic mass is 35.5. The van der Waals surface area contributed by atoms with Gasteiger partial charge in [0.15, 0.2) is 0 Å². The Balaban J connectivity index is 1.59. The molecule has 0 aliphatic heterocycles. The molecule has 3 aromatic carbocycles. The van der Waals surface area contributed by atoms with Crippen LogP contribution in [-0.4, -0.2) is 41.5 Å². The highest BCUT2D eigenvalue weighted by Crippen LogP contribution is 2.37. The third-order valence-corrected chi connectivity index (χ3v) is 6.12. The van der Waals surface area contributed by atoms with Gasteiger partial charge in [-0.3, -0.25) is 9.78 Å². The van der Waals surface area contributed by atoms with Crippen LogP contribution in [0.15, 0.2) is 72.9 Å². The number of aromatic nitrogens is 1. The van der Waals surface area contributed by atoms with Crippen molar-refractivity contribution >= 4 is 57.1 Å². The molecular weight excluding hydrogens is 537 g/mol. The molecule has 0 atom stereocenters. The van der Waals surface area contributed by atoms with Gasteiger partial charge in [-0.15, -0.1) is 0 Å². The first-order valence-corrected chi connectivity index (χ1v) is 12.6. The van der Waals surface area contributed by atoms with Gasteiger partial charge in [0.1, 0.15) is 24.2 Å². The molecule has 3 N–H and O–H groups in total. The Morgan fingerprint density at radius 2 is 2.00 bits per heavy atom. The van der Waals surface area contributed by atoms with Crippen molar-refractivity contribution in [1.29, 1.82) is 5.26 Å². The molecule has 0 fully saturated rings. The summed E-state index contributed by atoms with van der Waals surface area (Å²) in [7, 11) is 3.78. The smallest absolute Gasteiger partial charge is 0.248 e. The number of carbonyl (C=O) groups excluding carboxylic acids is 1. The normalized spacial score (nSPS) is 11.1. The lowest BCUT2D eigenvalue weighted by Gasteiger charge is -2.15. The quantitative estimate of drug-likeness (QED) is 0.158. The number of hydrogen-bond donors (Lipinski definition) is 3. The van der Waals surface area contributed by atoms with E-state index in [-0.39, 0.29) is 17.0 Å². The molecule has 0 saturated heterocycles. The number of nitriles is 1. The number of pyridine rings is 1. The summed E-state index contributed by atoms with van der Waals surface area (Å²) in [5.41, 5.74) is 2.84.